The zero-order valence-electron chi connectivity index (χ0n) is 31.1. The van der Waals surface area contributed by atoms with Crippen LogP contribution in [0.4, 0.5) is 0 Å². The number of nitriles is 1. The van der Waals surface area contributed by atoms with E-state index >= 15 is 0 Å². The number of benzene rings is 7. The van der Waals surface area contributed by atoms with Crippen LogP contribution in [0, 0.1) is 16.7 Å². The normalized spacial score (nSPS) is 23.4. The fourth-order valence-electron chi connectivity index (χ4n) is 12.4. The Morgan fingerprint density at radius 3 is 1.95 bits per heavy atom. The molecule has 3 heterocycles. The van der Waals surface area contributed by atoms with E-state index in [2.05, 4.69) is 134 Å². The van der Waals surface area contributed by atoms with E-state index in [1.54, 1.807) is 0 Å². The molecule has 7 aromatic carbocycles. The van der Waals surface area contributed by atoms with Crippen LogP contribution in [-0.2, 0) is 5.41 Å². The molecule has 6 aliphatic carbocycles. The summed E-state index contributed by atoms with van der Waals surface area (Å²) in [6.45, 7) is 4.57. The van der Waals surface area contributed by atoms with Gasteiger partial charge < -0.3 is 8.82 Å². The van der Waals surface area contributed by atoms with Crippen LogP contribution in [0.2, 0.25) is 0 Å². The van der Waals surface area contributed by atoms with Crippen molar-refractivity contribution in [3.05, 3.63) is 159 Å². The molecule has 4 bridgehead atoms. The summed E-state index contributed by atoms with van der Waals surface area (Å²) in [7, 11) is 0. The van der Waals surface area contributed by atoms with Crippen molar-refractivity contribution in [2.24, 2.45) is 5.41 Å². The molecule has 6 aliphatic rings. The Kier molecular flexibility index (Phi) is 5.06. The van der Waals surface area contributed by atoms with Crippen molar-refractivity contribution in [1.82, 2.24) is 4.40 Å². The van der Waals surface area contributed by atoms with Gasteiger partial charge in [0.2, 0.25) is 0 Å². The van der Waals surface area contributed by atoms with Gasteiger partial charge in [0.1, 0.15) is 11.2 Å². The van der Waals surface area contributed by atoms with E-state index in [9.17, 15) is 10.1 Å². The Labute approximate surface area is 321 Å². The van der Waals surface area contributed by atoms with E-state index in [-0.39, 0.29) is 28.4 Å². The summed E-state index contributed by atoms with van der Waals surface area (Å²) in [5, 5.41) is 20.3. The highest BCUT2D eigenvalue weighted by Crippen LogP contribution is 2.61. The summed E-state index contributed by atoms with van der Waals surface area (Å²) in [6.07, 6.45) is 3.89. The second-order valence-corrected chi connectivity index (χ2v) is 17.9. The maximum absolute atomic E-state index is 14.6. The predicted octanol–water partition coefficient (Wildman–Crippen LogP) is 12.8. The van der Waals surface area contributed by atoms with E-state index in [0.29, 0.717) is 0 Å². The van der Waals surface area contributed by atoms with Crippen LogP contribution in [0.3, 0.4) is 0 Å². The number of ketones is 1. The molecule has 0 atom stereocenters. The standard InChI is InChI=1S/C52H34N2O2/c1-51-15-17-52(2,18-16-51)50(55)37-24-39-33(23-38(37)51)35-22-36-34-19-26-9-3-4-10-27(26)21-41(34)56-49(36)47-45-40(54(39)48(35)47)20-28(25-53)42-43-29-11-5-7-13-31(29)44(46(42)45)32-14-8-6-12-30(32)43/h3-14,19-24,43-44H,15-18H2,1-2H3. The molecule has 1 fully saturated rings. The molecule has 1 saturated carbocycles. The lowest BCUT2D eigenvalue weighted by atomic mass is 9.59. The van der Waals surface area contributed by atoms with Crippen LogP contribution in [0.1, 0.15) is 106 Å². The number of aromatic nitrogens is 1. The number of furan rings is 1. The predicted molar refractivity (Wildman–Crippen MR) is 224 cm³/mol. The van der Waals surface area contributed by atoms with Crippen LogP contribution >= 0.6 is 0 Å². The highest BCUT2D eigenvalue weighted by Gasteiger charge is 2.49. The molecule has 0 spiro atoms. The van der Waals surface area contributed by atoms with Crippen LogP contribution in [0.15, 0.2) is 114 Å². The second kappa shape index (κ2) is 9.49. The minimum atomic E-state index is -0.340. The van der Waals surface area contributed by atoms with E-state index < -0.39 is 0 Å². The molecule has 3 aromatic heterocycles. The number of Topliss-reactive ketones (excluding diaryl/α,β-unsaturated/α-hetero) is 1. The van der Waals surface area contributed by atoms with Crippen LogP contribution in [-0.4, -0.2) is 10.2 Å². The third-order valence-electron chi connectivity index (χ3n) is 15.2. The lowest BCUT2D eigenvalue weighted by Gasteiger charge is -2.43. The fraction of sp³-hybridized carbons (Fsp3) is 0.192. The molecular formula is C52H34N2O2. The highest BCUT2D eigenvalue weighted by molar-refractivity contribution is 6.34. The number of carbonyl (C=O) groups excluding carboxylic acids is 1. The van der Waals surface area contributed by atoms with Crippen LogP contribution in [0.5, 0.6) is 0 Å². The van der Waals surface area contributed by atoms with Crippen molar-refractivity contribution in [2.45, 2.75) is 56.8 Å². The van der Waals surface area contributed by atoms with E-state index in [1.807, 2.05) is 0 Å². The number of hydrogen-bond acceptors (Lipinski definition) is 3. The Morgan fingerprint density at radius 2 is 1.27 bits per heavy atom. The largest absolute Gasteiger partial charge is 0.455 e. The van der Waals surface area contributed by atoms with E-state index in [4.69, 9.17) is 4.42 Å². The van der Waals surface area contributed by atoms with Crippen molar-refractivity contribution in [2.75, 3.05) is 0 Å². The van der Waals surface area contributed by atoms with Crippen LogP contribution < -0.4 is 0 Å². The molecule has 0 unspecified atom stereocenters. The number of hydrogen-bond donors (Lipinski definition) is 0. The molecule has 0 radical (unpaired) electrons. The summed E-state index contributed by atoms with van der Waals surface area (Å²) in [4.78, 5) is 14.6. The molecule has 0 saturated heterocycles. The van der Waals surface area contributed by atoms with Crippen molar-refractivity contribution in [3.8, 4) is 6.07 Å². The average Bonchev–Trinajstić information content (AvgIpc) is 3.85. The zero-order chi connectivity index (χ0) is 37.0. The van der Waals surface area contributed by atoms with Gasteiger partial charge in [-0.3, -0.25) is 4.79 Å². The third-order valence-corrected chi connectivity index (χ3v) is 15.2. The van der Waals surface area contributed by atoms with Gasteiger partial charge in [0.25, 0.3) is 0 Å². The Morgan fingerprint density at radius 1 is 0.643 bits per heavy atom. The van der Waals surface area contributed by atoms with E-state index in [0.717, 1.165) is 97.0 Å². The van der Waals surface area contributed by atoms with Gasteiger partial charge >= 0.3 is 0 Å². The molecule has 0 amide bonds. The van der Waals surface area contributed by atoms with Crippen molar-refractivity contribution >= 4 is 76.6 Å². The topological polar surface area (TPSA) is 58.4 Å². The maximum atomic E-state index is 14.6. The lowest BCUT2D eigenvalue weighted by molar-refractivity contribution is 0.0732. The first-order chi connectivity index (χ1) is 27.3. The van der Waals surface area contributed by atoms with Gasteiger partial charge in [-0.2, -0.15) is 5.26 Å². The molecule has 56 heavy (non-hydrogen) atoms. The lowest BCUT2D eigenvalue weighted by Crippen LogP contribution is -2.33. The third kappa shape index (κ3) is 3.23. The first-order valence-electron chi connectivity index (χ1n) is 20.1. The number of rotatable bonds is 0. The minimum Gasteiger partial charge on any atom is -0.455 e. The van der Waals surface area contributed by atoms with Crippen LogP contribution in [0.25, 0.3) is 70.8 Å². The molecular weight excluding hydrogens is 685 g/mol. The highest BCUT2D eigenvalue weighted by atomic mass is 16.3. The zero-order valence-corrected chi connectivity index (χ0v) is 31.1. The van der Waals surface area contributed by atoms with Gasteiger partial charge in [-0.15, -0.1) is 0 Å². The monoisotopic (exact) mass is 718 g/mol. The fourth-order valence-corrected chi connectivity index (χ4v) is 12.4. The first-order valence-corrected chi connectivity index (χ1v) is 20.1. The van der Waals surface area contributed by atoms with Crippen molar-refractivity contribution in [3.63, 3.8) is 0 Å². The molecule has 4 nitrogen and oxygen atoms in total. The SMILES string of the molecule is CC12CCC(C)(CC1)c1cc3c4cc5c6cc7ccccc7cc6oc5c5c6c7c(c(C#N)cc6n(c3cc1C2=O)c45)C1c2ccccc2C7c2ccccc21. The van der Waals surface area contributed by atoms with Gasteiger partial charge in [-0.25, -0.2) is 0 Å². The Hall–Kier alpha value is -6.44. The molecule has 264 valence electrons. The molecule has 4 heteroatoms. The van der Waals surface area contributed by atoms with Crippen molar-refractivity contribution < 1.29 is 9.21 Å². The Balaban J connectivity index is 1.23. The molecule has 10 aromatic rings. The molecule has 0 aliphatic heterocycles. The average molecular weight is 719 g/mol. The smallest absolute Gasteiger partial charge is 0.169 e. The summed E-state index contributed by atoms with van der Waals surface area (Å²) in [5.74, 6) is 0.207. The minimum absolute atomic E-state index is 0.0361. The summed E-state index contributed by atoms with van der Waals surface area (Å²) >= 11 is 0. The Bertz CT molecular complexity index is 3510. The number of nitrogens with zero attached hydrogens (tertiary/aromatic N) is 2. The van der Waals surface area contributed by atoms with Gasteiger partial charge in [-0.1, -0.05) is 86.6 Å². The molecule has 16 rings (SSSR count). The number of carbonyl (C=O) groups is 1. The first kappa shape index (κ1) is 29.9. The van der Waals surface area contributed by atoms with Gasteiger partial charge in [0, 0.05) is 49.7 Å². The maximum Gasteiger partial charge on any atom is 0.169 e. The summed E-state index contributed by atoms with van der Waals surface area (Å²) < 4.78 is 9.51. The number of fused-ring (bicyclic) bond motifs is 13. The van der Waals surface area contributed by atoms with E-state index in [1.165, 1.54) is 49.5 Å². The summed E-state index contributed by atoms with van der Waals surface area (Å²) in [6, 6.07) is 42.5. The second-order valence-electron chi connectivity index (χ2n) is 17.9. The van der Waals surface area contributed by atoms with Gasteiger partial charge in [-0.05, 0) is 117 Å². The summed E-state index contributed by atoms with van der Waals surface area (Å²) in [5.41, 5.74) is 14.9. The molecule has 0 N–H and O–H groups in total. The van der Waals surface area contributed by atoms with Crippen molar-refractivity contribution in [1.29, 1.82) is 5.26 Å². The van der Waals surface area contributed by atoms with Gasteiger partial charge in [0.05, 0.1) is 33.6 Å². The quantitative estimate of drug-likeness (QED) is 0.157. The van der Waals surface area contributed by atoms with Gasteiger partial charge in [0.15, 0.2) is 5.78 Å².